The molecular weight excluding hydrogens is 457 g/mol. The number of thioether (sulfide) groups is 1. The first-order valence-electron chi connectivity index (χ1n) is 10.8. The minimum Gasteiger partial charge on any atom is -0.465 e. The number of hydrogen-bond donors (Lipinski definition) is 2. The molecule has 0 unspecified atom stereocenters. The number of nitrogens with zero attached hydrogens (tertiary/aromatic N) is 1. The van der Waals surface area contributed by atoms with E-state index in [0.717, 1.165) is 23.7 Å². The summed E-state index contributed by atoms with van der Waals surface area (Å²) < 4.78 is 19.7. The van der Waals surface area contributed by atoms with Gasteiger partial charge in [-0.2, -0.15) is 5.26 Å². The number of esters is 1. The maximum Gasteiger partial charge on any atom is 0.319 e. The molecule has 0 spiro atoms. The van der Waals surface area contributed by atoms with Crippen LogP contribution in [0.5, 0.6) is 0 Å². The van der Waals surface area contributed by atoms with Gasteiger partial charge in [0, 0.05) is 11.6 Å². The van der Waals surface area contributed by atoms with Gasteiger partial charge in [-0.05, 0) is 36.6 Å². The Morgan fingerprint density at radius 1 is 1.18 bits per heavy atom. The molecule has 0 saturated carbocycles. The van der Waals surface area contributed by atoms with Crippen molar-refractivity contribution in [2.45, 2.75) is 26.2 Å². The van der Waals surface area contributed by atoms with E-state index in [9.17, 15) is 24.0 Å². The lowest BCUT2D eigenvalue weighted by Gasteiger charge is -2.31. The molecule has 1 heterocycles. The topological polar surface area (TPSA) is 108 Å². The Morgan fingerprint density at radius 2 is 1.88 bits per heavy atom. The van der Waals surface area contributed by atoms with E-state index < -0.39 is 29.5 Å². The van der Waals surface area contributed by atoms with E-state index in [2.05, 4.69) is 10.6 Å². The molecule has 0 saturated heterocycles. The number of para-hydroxylation sites is 1. The second-order valence-corrected chi connectivity index (χ2v) is 8.41. The average Bonchev–Trinajstić information content (AvgIpc) is 2.83. The summed E-state index contributed by atoms with van der Waals surface area (Å²) in [6.45, 7) is 3.59. The maximum atomic E-state index is 14.7. The van der Waals surface area contributed by atoms with Crippen molar-refractivity contribution in [3.63, 3.8) is 0 Å². The molecule has 3 rings (SSSR count). The Morgan fingerprint density at radius 3 is 2.56 bits per heavy atom. The van der Waals surface area contributed by atoms with Crippen LogP contribution in [0.15, 0.2) is 59.1 Å². The van der Waals surface area contributed by atoms with Crippen molar-refractivity contribution in [1.82, 2.24) is 5.32 Å². The van der Waals surface area contributed by atoms with E-state index in [0.29, 0.717) is 5.69 Å². The van der Waals surface area contributed by atoms with Gasteiger partial charge in [0.05, 0.1) is 29.0 Å². The number of benzene rings is 2. The molecule has 0 fully saturated rings. The van der Waals surface area contributed by atoms with Crippen LogP contribution in [0, 0.1) is 23.1 Å². The first-order valence-corrected chi connectivity index (χ1v) is 11.8. The summed E-state index contributed by atoms with van der Waals surface area (Å²) in [6, 6.07) is 15.1. The van der Waals surface area contributed by atoms with Crippen molar-refractivity contribution < 1.29 is 23.5 Å². The molecular formula is C25H24FN3O4S. The molecule has 0 aromatic heterocycles. The fraction of sp³-hybridized carbons (Fsp3) is 0.280. The van der Waals surface area contributed by atoms with Crippen LogP contribution in [0.1, 0.15) is 30.9 Å². The number of carbonyl (C=O) groups excluding carboxylic acids is 3. The molecule has 2 aromatic carbocycles. The zero-order chi connectivity index (χ0) is 24.7. The molecule has 1 aliphatic rings. The molecule has 0 aliphatic carbocycles. The zero-order valence-corrected chi connectivity index (χ0v) is 19.6. The van der Waals surface area contributed by atoms with Crippen molar-refractivity contribution in [3.05, 3.63) is 76.1 Å². The van der Waals surface area contributed by atoms with E-state index in [1.807, 2.05) is 31.2 Å². The Balaban J connectivity index is 1.91. The molecule has 1 aliphatic heterocycles. The van der Waals surface area contributed by atoms with E-state index in [4.69, 9.17) is 4.74 Å². The Kier molecular flexibility index (Phi) is 8.44. The van der Waals surface area contributed by atoms with Gasteiger partial charge in [0.15, 0.2) is 0 Å². The summed E-state index contributed by atoms with van der Waals surface area (Å²) >= 11 is 0.945. The molecule has 2 atom stereocenters. The quantitative estimate of drug-likeness (QED) is 0.438. The van der Waals surface area contributed by atoms with Crippen LogP contribution in [0.3, 0.4) is 0 Å². The third-order valence-corrected chi connectivity index (χ3v) is 6.35. The zero-order valence-electron chi connectivity index (χ0n) is 18.8. The average molecular weight is 482 g/mol. The van der Waals surface area contributed by atoms with E-state index in [-0.39, 0.29) is 34.4 Å². The number of allylic oxidation sites excluding steroid dienone is 1. The standard InChI is InChI=1S/C25H24FN3O4S/c1-3-15-9-5-8-12-19(15)28-20(30)14-34-24-17(13-27)21(16-10-6-7-11-18(16)26)22(23(31)29-24)25(32)33-4-2/h5-12,21-22H,3-4,14H2,1-2H3,(H,28,30)(H,29,31)/t21-,22+/m0/s1. The van der Waals surface area contributed by atoms with Gasteiger partial charge >= 0.3 is 5.97 Å². The summed E-state index contributed by atoms with van der Waals surface area (Å²) in [6.07, 6.45) is 0.739. The van der Waals surface area contributed by atoms with Crippen LogP contribution in [0.25, 0.3) is 0 Å². The number of halogens is 1. The van der Waals surface area contributed by atoms with Crippen LogP contribution in [-0.2, 0) is 25.5 Å². The number of aryl methyl sites for hydroxylation is 1. The Bertz CT molecular complexity index is 1170. The van der Waals surface area contributed by atoms with E-state index in [1.54, 1.807) is 19.1 Å². The van der Waals surface area contributed by atoms with Gasteiger partial charge in [-0.3, -0.25) is 14.4 Å². The number of amides is 2. The van der Waals surface area contributed by atoms with Gasteiger partial charge in [-0.1, -0.05) is 55.1 Å². The monoisotopic (exact) mass is 481 g/mol. The van der Waals surface area contributed by atoms with Gasteiger partial charge in [0.2, 0.25) is 11.8 Å². The van der Waals surface area contributed by atoms with E-state index in [1.165, 1.54) is 18.2 Å². The molecule has 0 bridgehead atoms. The minimum absolute atomic E-state index is 0.00508. The highest BCUT2D eigenvalue weighted by Crippen LogP contribution is 2.41. The minimum atomic E-state index is -1.43. The lowest BCUT2D eigenvalue weighted by atomic mass is 9.78. The number of carbonyl (C=O) groups is 3. The lowest BCUT2D eigenvalue weighted by molar-refractivity contribution is -0.152. The molecule has 34 heavy (non-hydrogen) atoms. The summed E-state index contributed by atoms with van der Waals surface area (Å²) in [4.78, 5) is 38.1. The van der Waals surface area contributed by atoms with Gasteiger partial charge in [0.25, 0.3) is 0 Å². The van der Waals surface area contributed by atoms with Gasteiger partial charge < -0.3 is 15.4 Å². The highest BCUT2D eigenvalue weighted by Gasteiger charge is 2.45. The third-order valence-electron chi connectivity index (χ3n) is 5.33. The number of nitriles is 1. The van der Waals surface area contributed by atoms with Crippen LogP contribution >= 0.6 is 11.8 Å². The van der Waals surface area contributed by atoms with Crippen LogP contribution in [0.4, 0.5) is 10.1 Å². The van der Waals surface area contributed by atoms with Gasteiger partial charge in [-0.15, -0.1) is 0 Å². The molecule has 0 radical (unpaired) electrons. The number of rotatable bonds is 8. The first kappa shape index (κ1) is 25.0. The normalized spacial score (nSPS) is 17.5. The smallest absolute Gasteiger partial charge is 0.319 e. The molecule has 9 heteroatoms. The molecule has 2 N–H and O–H groups in total. The molecule has 2 amide bonds. The second kappa shape index (κ2) is 11.5. The Hall–Kier alpha value is -3.64. The van der Waals surface area contributed by atoms with Crippen molar-refractivity contribution in [3.8, 4) is 6.07 Å². The number of ether oxygens (including phenoxy) is 1. The van der Waals surface area contributed by atoms with Gasteiger partial charge in [0.1, 0.15) is 11.7 Å². The summed E-state index contributed by atoms with van der Waals surface area (Å²) in [7, 11) is 0. The highest BCUT2D eigenvalue weighted by atomic mass is 32.2. The fourth-order valence-electron chi connectivity index (χ4n) is 3.76. The van der Waals surface area contributed by atoms with Crippen LogP contribution < -0.4 is 10.6 Å². The van der Waals surface area contributed by atoms with Gasteiger partial charge in [-0.25, -0.2) is 4.39 Å². The summed E-state index contributed by atoms with van der Waals surface area (Å²) in [5.74, 6) is -5.26. The molecule has 2 aromatic rings. The summed E-state index contributed by atoms with van der Waals surface area (Å²) in [5.41, 5.74) is 1.69. The van der Waals surface area contributed by atoms with Crippen molar-refractivity contribution >= 4 is 35.2 Å². The molecule has 7 nitrogen and oxygen atoms in total. The predicted molar refractivity (Wildman–Crippen MR) is 127 cm³/mol. The number of hydrogen-bond acceptors (Lipinski definition) is 6. The molecule has 176 valence electrons. The van der Waals surface area contributed by atoms with Crippen LogP contribution in [-0.4, -0.2) is 30.1 Å². The maximum absolute atomic E-state index is 14.7. The second-order valence-electron chi connectivity index (χ2n) is 7.42. The summed E-state index contributed by atoms with van der Waals surface area (Å²) in [5, 5.41) is 15.4. The first-order chi connectivity index (χ1) is 16.4. The number of anilines is 1. The number of nitrogens with one attached hydrogen (secondary N) is 2. The highest BCUT2D eigenvalue weighted by molar-refractivity contribution is 8.03. The van der Waals surface area contributed by atoms with Crippen molar-refractivity contribution in [2.75, 3.05) is 17.7 Å². The largest absolute Gasteiger partial charge is 0.465 e. The lowest BCUT2D eigenvalue weighted by Crippen LogP contribution is -2.44. The van der Waals surface area contributed by atoms with Crippen molar-refractivity contribution in [1.29, 1.82) is 5.26 Å². The van der Waals surface area contributed by atoms with Crippen LogP contribution in [0.2, 0.25) is 0 Å². The third kappa shape index (κ3) is 5.46. The fourth-order valence-corrected chi connectivity index (χ4v) is 4.61. The van der Waals surface area contributed by atoms with E-state index >= 15 is 0 Å². The predicted octanol–water partition coefficient (Wildman–Crippen LogP) is 3.89. The Labute approximate surface area is 201 Å². The SMILES string of the molecule is CCOC(=O)[C@H]1C(=O)NC(SCC(=O)Nc2ccccc2CC)=C(C#N)[C@@H]1c1ccccc1F. The van der Waals surface area contributed by atoms with Crippen molar-refractivity contribution in [2.24, 2.45) is 5.92 Å².